The van der Waals surface area contributed by atoms with Gasteiger partial charge in [0.05, 0.1) is 6.33 Å². The number of rotatable bonds is 5. The highest BCUT2D eigenvalue weighted by Gasteiger charge is 2.08. The standard InChI is InChI=1S/C18H18BrN3/c1-14(17-4-2-3-5-18(17)19)21-12-15-6-8-16(9-7-15)22-11-10-20-13-22/h2-11,13-14,21H,12H2,1H3/t14-/m0/s1. The Balaban J connectivity index is 1.63. The summed E-state index contributed by atoms with van der Waals surface area (Å²) in [5.41, 5.74) is 3.67. The van der Waals surface area contributed by atoms with Crippen molar-refractivity contribution in [1.29, 1.82) is 0 Å². The van der Waals surface area contributed by atoms with Crippen LogP contribution in [-0.2, 0) is 6.54 Å². The van der Waals surface area contributed by atoms with E-state index >= 15 is 0 Å². The number of hydrogen-bond donors (Lipinski definition) is 1. The summed E-state index contributed by atoms with van der Waals surface area (Å²) in [5, 5.41) is 3.56. The van der Waals surface area contributed by atoms with Crippen molar-refractivity contribution in [3.63, 3.8) is 0 Å². The largest absolute Gasteiger partial charge is 0.306 e. The van der Waals surface area contributed by atoms with E-state index < -0.39 is 0 Å². The van der Waals surface area contributed by atoms with Gasteiger partial charge in [-0.25, -0.2) is 4.98 Å². The van der Waals surface area contributed by atoms with Gasteiger partial charge >= 0.3 is 0 Å². The predicted molar refractivity (Wildman–Crippen MR) is 93.0 cm³/mol. The molecule has 0 unspecified atom stereocenters. The van der Waals surface area contributed by atoms with Gasteiger partial charge in [0.15, 0.2) is 0 Å². The first-order valence-corrected chi connectivity index (χ1v) is 8.08. The first-order chi connectivity index (χ1) is 10.7. The maximum Gasteiger partial charge on any atom is 0.0991 e. The smallest absolute Gasteiger partial charge is 0.0991 e. The van der Waals surface area contributed by atoms with E-state index in [4.69, 9.17) is 0 Å². The molecule has 0 aliphatic carbocycles. The van der Waals surface area contributed by atoms with Crippen LogP contribution in [0.15, 0.2) is 71.7 Å². The Morgan fingerprint density at radius 3 is 2.59 bits per heavy atom. The van der Waals surface area contributed by atoms with Gasteiger partial charge in [0, 0.05) is 35.1 Å². The lowest BCUT2D eigenvalue weighted by atomic mass is 10.1. The Morgan fingerprint density at radius 1 is 1.14 bits per heavy atom. The third-order valence-electron chi connectivity index (χ3n) is 3.72. The number of halogens is 1. The minimum Gasteiger partial charge on any atom is -0.306 e. The predicted octanol–water partition coefficient (Wildman–Crippen LogP) is 4.49. The molecule has 1 aromatic heterocycles. The van der Waals surface area contributed by atoms with E-state index in [2.05, 4.69) is 75.6 Å². The van der Waals surface area contributed by atoms with Crippen molar-refractivity contribution >= 4 is 15.9 Å². The normalized spacial score (nSPS) is 12.3. The molecule has 0 amide bonds. The van der Waals surface area contributed by atoms with Gasteiger partial charge in [0.25, 0.3) is 0 Å². The van der Waals surface area contributed by atoms with Crippen molar-refractivity contribution in [1.82, 2.24) is 14.9 Å². The zero-order valence-corrected chi connectivity index (χ0v) is 14.0. The highest BCUT2D eigenvalue weighted by molar-refractivity contribution is 9.10. The van der Waals surface area contributed by atoms with E-state index in [1.165, 1.54) is 11.1 Å². The zero-order chi connectivity index (χ0) is 15.4. The quantitative estimate of drug-likeness (QED) is 0.730. The summed E-state index contributed by atoms with van der Waals surface area (Å²) in [4.78, 5) is 4.07. The number of imidazole rings is 1. The third-order valence-corrected chi connectivity index (χ3v) is 4.45. The Labute approximate surface area is 139 Å². The maximum absolute atomic E-state index is 4.07. The second kappa shape index (κ2) is 6.90. The average Bonchev–Trinajstić information content (AvgIpc) is 3.08. The number of nitrogens with zero attached hydrogens (tertiary/aromatic N) is 2. The lowest BCUT2D eigenvalue weighted by Gasteiger charge is -2.16. The monoisotopic (exact) mass is 355 g/mol. The van der Waals surface area contributed by atoms with Crippen LogP contribution in [0.2, 0.25) is 0 Å². The highest BCUT2D eigenvalue weighted by Crippen LogP contribution is 2.23. The molecule has 3 nitrogen and oxygen atoms in total. The fourth-order valence-electron chi connectivity index (χ4n) is 2.40. The van der Waals surface area contributed by atoms with Gasteiger partial charge in [-0.15, -0.1) is 0 Å². The van der Waals surface area contributed by atoms with E-state index in [1.807, 2.05) is 23.2 Å². The summed E-state index contributed by atoms with van der Waals surface area (Å²) < 4.78 is 3.14. The summed E-state index contributed by atoms with van der Waals surface area (Å²) in [5.74, 6) is 0. The number of benzene rings is 2. The van der Waals surface area contributed by atoms with Gasteiger partial charge in [-0.2, -0.15) is 0 Å². The van der Waals surface area contributed by atoms with E-state index in [-0.39, 0.29) is 0 Å². The Bertz CT molecular complexity index is 720. The molecule has 0 fully saturated rings. The average molecular weight is 356 g/mol. The number of hydrogen-bond acceptors (Lipinski definition) is 2. The van der Waals surface area contributed by atoms with Crippen LogP contribution >= 0.6 is 15.9 Å². The molecule has 0 spiro atoms. The lowest BCUT2D eigenvalue weighted by Crippen LogP contribution is -2.18. The summed E-state index contributed by atoms with van der Waals surface area (Å²) in [7, 11) is 0. The second-order valence-electron chi connectivity index (χ2n) is 5.26. The van der Waals surface area contributed by atoms with Gasteiger partial charge in [0.1, 0.15) is 0 Å². The SMILES string of the molecule is C[C@H](NCc1ccc(-n2ccnc2)cc1)c1ccccc1Br. The molecule has 1 heterocycles. The molecule has 0 saturated carbocycles. The van der Waals surface area contributed by atoms with Crippen molar-refractivity contribution in [2.75, 3.05) is 0 Å². The van der Waals surface area contributed by atoms with Crippen LogP contribution in [-0.4, -0.2) is 9.55 Å². The van der Waals surface area contributed by atoms with Crippen LogP contribution in [0.3, 0.4) is 0 Å². The minimum absolute atomic E-state index is 0.295. The number of nitrogens with one attached hydrogen (secondary N) is 1. The summed E-state index contributed by atoms with van der Waals surface area (Å²) in [6.45, 7) is 3.02. The zero-order valence-electron chi connectivity index (χ0n) is 12.4. The fraction of sp³-hybridized carbons (Fsp3) is 0.167. The topological polar surface area (TPSA) is 29.9 Å². The Kier molecular flexibility index (Phi) is 4.71. The first-order valence-electron chi connectivity index (χ1n) is 7.29. The molecule has 0 radical (unpaired) electrons. The van der Waals surface area contributed by atoms with Crippen molar-refractivity contribution in [2.45, 2.75) is 19.5 Å². The molecular weight excluding hydrogens is 338 g/mol. The van der Waals surface area contributed by atoms with Gasteiger partial charge in [-0.3, -0.25) is 0 Å². The minimum atomic E-state index is 0.295. The van der Waals surface area contributed by atoms with Crippen LogP contribution in [0.25, 0.3) is 5.69 Å². The molecular formula is C18H18BrN3. The van der Waals surface area contributed by atoms with Crippen LogP contribution in [0.5, 0.6) is 0 Å². The Morgan fingerprint density at radius 2 is 1.91 bits per heavy atom. The highest BCUT2D eigenvalue weighted by atomic mass is 79.9. The molecule has 0 aliphatic heterocycles. The van der Waals surface area contributed by atoms with Gasteiger partial charge < -0.3 is 9.88 Å². The van der Waals surface area contributed by atoms with Crippen LogP contribution in [0.4, 0.5) is 0 Å². The molecule has 3 aromatic rings. The van der Waals surface area contributed by atoms with E-state index in [0.29, 0.717) is 6.04 Å². The van der Waals surface area contributed by atoms with Crippen molar-refractivity contribution in [3.05, 3.63) is 82.9 Å². The van der Waals surface area contributed by atoms with Crippen molar-refractivity contribution in [2.24, 2.45) is 0 Å². The summed E-state index contributed by atoms with van der Waals surface area (Å²) in [6, 6.07) is 17.1. The van der Waals surface area contributed by atoms with Crippen LogP contribution < -0.4 is 5.32 Å². The molecule has 4 heteroatoms. The molecule has 0 aliphatic rings. The molecule has 0 saturated heterocycles. The fourth-order valence-corrected chi connectivity index (χ4v) is 3.03. The molecule has 1 atom stereocenters. The lowest BCUT2D eigenvalue weighted by molar-refractivity contribution is 0.573. The van der Waals surface area contributed by atoms with Gasteiger partial charge in [-0.05, 0) is 36.2 Å². The van der Waals surface area contributed by atoms with Crippen LogP contribution in [0.1, 0.15) is 24.1 Å². The molecule has 2 aromatic carbocycles. The summed E-state index contributed by atoms with van der Waals surface area (Å²) >= 11 is 3.61. The second-order valence-corrected chi connectivity index (χ2v) is 6.11. The summed E-state index contributed by atoms with van der Waals surface area (Å²) in [6.07, 6.45) is 5.54. The molecule has 112 valence electrons. The third kappa shape index (κ3) is 3.46. The molecule has 3 rings (SSSR count). The van der Waals surface area contributed by atoms with Crippen LogP contribution in [0, 0.1) is 0 Å². The maximum atomic E-state index is 4.07. The number of aromatic nitrogens is 2. The van der Waals surface area contributed by atoms with Gasteiger partial charge in [-0.1, -0.05) is 46.3 Å². The van der Waals surface area contributed by atoms with Crippen molar-refractivity contribution in [3.8, 4) is 5.69 Å². The molecule has 1 N–H and O–H groups in total. The Hall–Kier alpha value is -1.91. The molecule has 22 heavy (non-hydrogen) atoms. The van der Waals surface area contributed by atoms with Crippen molar-refractivity contribution < 1.29 is 0 Å². The first kappa shape index (κ1) is 15.0. The van der Waals surface area contributed by atoms with E-state index in [9.17, 15) is 0 Å². The van der Waals surface area contributed by atoms with Gasteiger partial charge in [0.2, 0.25) is 0 Å². The molecule has 0 bridgehead atoms. The van der Waals surface area contributed by atoms with E-state index in [1.54, 1.807) is 6.20 Å². The van der Waals surface area contributed by atoms with E-state index in [0.717, 1.165) is 16.7 Å².